The van der Waals surface area contributed by atoms with E-state index in [-0.39, 0.29) is 22.2 Å². The van der Waals surface area contributed by atoms with Crippen LogP contribution in [0.25, 0.3) is 0 Å². The van der Waals surface area contributed by atoms with Gasteiger partial charge in [-0.25, -0.2) is 13.2 Å². The van der Waals surface area contributed by atoms with Gasteiger partial charge in [-0.15, -0.1) is 0 Å². The third-order valence-electron chi connectivity index (χ3n) is 5.14. The van der Waals surface area contributed by atoms with Gasteiger partial charge in [-0.3, -0.25) is 14.9 Å². The van der Waals surface area contributed by atoms with Gasteiger partial charge in [0, 0.05) is 31.0 Å². The van der Waals surface area contributed by atoms with Gasteiger partial charge in [-0.05, 0) is 29.8 Å². The predicted molar refractivity (Wildman–Crippen MR) is 126 cm³/mol. The lowest BCUT2D eigenvalue weighted by Gasteiger charge is -2.22. The number of para-hydroxylation sites is 1. The van der Waals surface area contributed by atoms with Crippen LogP contribution in [0.3, 0.4) is 0 Å². The van der Waals surface area contributed by atoms with E-state index in [9.17, 15) is 27.9 Å². The van der Waals surface area contributed by atoms with E-state index in [0.29, 0.717) is 18.3 Å². The van der Waals surface area contributed by atoms with E-state index in [0.717, 1.165) is 17.3 Å². The Balaban J connectivity index is 1.42. The molecule has 2 aromatic rings. The van der Waals surface area contributed by atoms with Gasteiger partial charge in [-0.1, -0.05) is 36.0 Å². The summed E-state index contributed by atoms with van der Waals surface area (Å²) in [5.74, 6) is -0.753. The van der Waals surface area contributed by atoms with Crippen LogP contribution in [0.5, 0.6) is 0 Å². The molecule has 178 valence electrons. The molecule has 0 radical (unpaired) electrons. The summed E-state index contributed by atoms with van der Waals surface area (Å²) >= 11 is 0.633. The quantitative estimate of drug-likeness (QED) is 0.408. The van der Waals surface area contributed by atoms with Crippen LogP contribution in [0.2, 0.25) is 0 Å². The van der Waals surface area contributed by atoms with Gasteiger partial charge in [0.25, 0.3) is 5.91 Å². The van der Waals surface area contributed by atoms with Gasteiger partial charge in [0.15, 0.2) is 6.17 Å². The molecule has 0 bridgehead atoms. The smallest absolute Gasteiger partial charge is 0.320 e. The molecule has 13 heteroatoms. The highest BCUT2D eigenvalue weighted by atomic mass is 32.2. The Morgan fingerprint density at radius 3 is 2.68 bits per heavy atom. The lowest BCUT2D eigenvalue weighted by molar-refractivity contribution is -0.120. The number of carbonyl (C=O) groups is 3. The molecule has 0 saturated carbocycles. The molecule has 2 aromatic carbocycles. The van der Waals surface area contributed by atoms with Crippen LogP contribution in [0.15, 0.2) is 65.3 Å². The molecule has 34 heavy (non-hydrogen) atoms. The van der Waals surface area contributed by atoms with Crippen molar-refractivity contribution in [2.24, 2.45) is 0 Å². The van der Waals surface area contributed by atoms with E-state index in [1.165, 1.54) is 29.2 Å². The fraction of sp³-hybridized carbons (Fsp3) is 0.190. The predicted octanol–water partition coefficient (Wildman–Crippen LogP) is 1.22. The summed E-state index contributed by atoms with van der Waals surface area (Å²) < 4.78 is 27.5. The Bertz CT molecular complexity index is 1300. The van der Waals surface area contributed by atoms with Crippen LogP contribution in [0.4, 0.5) is 16.2 Å². The van der Waals surface area contributed by atoms with Gasteiger partial charge < -0.3 is 20.6 Å². The molecule has 2 heterocycles. The topological polar surface area (TPSA) is 157 Å². The summed E-state index contributed by atoms with van der Waals surface area (Å²) in [6.07, 6.45) is -0.0588. The molecule has 0 spiro atoms. The minimum atomic E-state index is -4.11. The fourth-order valence-corrected chi connectivity index (χ4v) is 5.71. The Kier molecular flexibility index (Phi) is 6.61. The second kappa shape index (κ2) is 9.46. The van der Waals surface area contributed by atoms with Crippen molar-refractivity contribution in [2.45, 2.75) is 23.0 Å². The van der Waals surface area contributed by atoms with Crippen molar-refractivity contribution < 1.29 is 27.9 Å². The SMILES string of the molecule is CN1C(=O)C(NC(=O)Nc2cccc(S(=O)(=O)NC3SC(=O)C=C3O)c2)NCc2ccccc21. The average molecular weight is 504 g/mol. The second-order valence-corrected chi connectivity index (χ2v) is 10.3. The number of aliphatic hydroxyl groups is 1. The maximum atomic E-state index is 12.8. The van der Waals surface area contributed by atoms with Crippen LogP contribution in [0.1, 0.15) is 5.56 Å². The number of likely N-dealkylation sites (N-methyl/N-ethyl adjacent to an activating group) is 1. The van der Waals surface area contributed by atoms with Crippen molar-refractivity contribution in [2.75, 3.05) is 17.3 Å². The maximum Gasteiger partial charge on any atom is 0.320 e. The van der Waals surface area contributed by atoms with E-state index in [4.69, 9.17) is 0 Å². The van der Waals surface area contributed by atoms with Gasteiger partial charge in [0.05, 0.1) is 4.90 Å². The number of hydrogen-bond donors (Lipinski definition) is 5. The number of urea groups is 1. The number of rotatable bonds is 5. The molecule has 3 amide bonds. The molecule has 0 aromatic heterocycles. The molecule has 0 saturated heterocycles. The molecule has 0 fully saturated rings. The first kappa shape index (κ1) is 23.8. The van der Waals surface area contributed by atoms with Crippen LogP contribution in [-0.4, -0.2) is 49.2 Å². The highest BCUT2D eigenvalue weighted by molar-refractivity contribution is 8.15. The molecular weight excluding hydrogens is 482 g/mol. The van der Waals surface area contributed by atoms with E-state index in [2.05, 4.69) is 20.7 Å². The number of sulfonamides is 1. The Labute approximate surface area is 199 Å². The number of hydrogen-bond acceptors (Lipinski definition) is 8. The van der Waals surface area contributed by atoms with Crippen molar-refractivity contribution in [3.05, 3.63) is 65.9 Å². The molecule has 0 aliphatic carbocycles. The number of amides is 3. The van der Waals surface area contributed by atoms with E-state index in [1.54, 1.807) is 7.05 Å². The minimum Gasteiger partial charge on any atom is -0.510 e. The zero-order valence-electron chi connectivity index (χ0n) is 17.8. The summed E-state index contributed by atoms with van der Waals surface area (Å²) in [5, 5.41) is 16.2. The number of aliphatic hydroxyl groups excluding tert-OH is 1. The van der Waals surface area contributed by atoms with Crippen LogP contribution in [0, 0.1) is 0 Å². The average Bonchev–Trinajstić information content (AvgIpc) is 3.05. The summed E-state index contributed by atoms with van der Waals surface area (Å²) in [5.41, 5.74) is 1.79. The lowest BCUT2D eigenvalue weighted by atomic mass is 10.1. The molecule has 11 nitrogen and oxygen atoms in total. The Morgan fingerprint density at radius 2 is 1.94 bits per heavy atom. The number of carbonyl (C=O) groups excluding carboxylic acids is 3. The summed E-state index contributed by atoms with van der Waals surface area (Å²) in [6, 6.07) is 12.1. The van der Waals surface area contributed by atoms with Gasteiger partial charge >= 0.3 is 6.03 Å². The number of benzene rings is 2. The number of anilines is 2. The lowest BCUT2D eigenvalue weighted by Crippen LogP contribution is -2.54. The van der Waals surface area contributed by atoms with Gasteiger partial charge in [0.1, 0.15) is 11.1 Å². The zero-order valence-corrected chi connectivity index (χ0v) is 19.4. The van der Waals surface area contributed by atoms with Crippen molar-refractivity contribution in [1.82, 2.24) is 15.4 Å². The molecule has 2 unspecified atom stereocenters. The van der Waals surface area contributed by atoms with E-state index >= 15 is 0 Å². The Hall–Kier alpha value is -3.39. The maximum absolute atomic E-state index is 12.8. The second-order valence-electron chi connectivity index (χ2n) is 7.47. The first-order valence-electron chi connectivity index (χ1n) is 10.0. The monoisotopic (exact) mass is 503 g/mol. The summed E-state index contributed by atoms with van der Waals surface area (Å²) in [6.45, 7) is 0.361. The van der Waals surface area contributed by atoms with Crippen LogP contribution in [-0.2, 0) is 26.2 Å². The van der Waals surface area contributed by atoms with E-state index < -0.39 is 32.7 Å². The standard InChI is InChI=1S/C21H21N5O6S2/c1-26-15-8-3-2-5-12(15)11-22-18(20(26)29)24-21(30)23-13-6-4-7-14(9-13)34(31,32)25-19-16(27)10-17(28)33-19/h2-10,18-19,22,25,27H,11H2,1H3,(H2,23,24,30). The summed E-state index contributed by atoms with van der Waals surface area (Å²) in [7, 11) is -2.49. The third kappa shape index (κ3) is 5.07. The number of thioether (sulfide) groups is 1. The summed E-state index contributed by atoms with van der Waals surface area (Å²) in [4.78, 5) is 38.0. The largest absolute Gasteiger partial charge is 0.510 e. The number of fused-ring (bicyclic) bond motifs is 1. The number of nitrogens with zero attached hydrogens (tertiary/aromatic N) is 1. The van der Waals surface area contributed by atoms with Crippen molar-refractivity contribution >= 4 is 50.2 Å². The first-order chi connectivity index (χ1) is 16.1. The van der Waals surface area contributed by atoms with Gasteiger partial charge in [0.2, 0.25) is 15.1 Å². The van der Waals surface area contributed by atoms with E-state index in [1.807, 2.05) is 24.3 Å². The highest BCUT2D eigenvalue weighted by Crippen LogP contribution is 2.27. The Morgan fingerprint density at radius 1 is 1.18 bits per heavy atom. The molecule has 2 atom stereocenters. The van der Waals surface area contributed by atoms with Crippen molar-refractivity contribution in [3.8, 4) is 0 Å². The van der Waals surface area contributed by atoms with Crippen molar-refractivity contribution in [1.29, 1.82) is 0 Å². The van der Waals surface area contributed by atoms with Crippen LogP contribution < -0.4 is 25.6 Å². The molecular formula is C21H21N5O6S2. The normalized spacial score (nSPS) is 20.4. The molecule has 4 rings (SSSR count). The highest BCUT2D eigenvalue weighted by Gasteiger charge is 2.31. The third-order valence-corrected chi connectivity index (χ3v) is 7.65. The zero-order chi connectivity index (χ0) is 24.5. The van der Waals surface area contributed by atoms with Crippen LogP contribution >= 0.6 is 11.8 Å². The fourth-order valence-electron chi connectivity index (χ4n) is 3.45. The molecule has 2 aliphatic rings. The van der Waals surface area contributed by atoms with Crippen molar-refractivity contribution in [3.63, 3.8) is 0 Å². The molecule has 2 aliphatic heterocycles. The van der Waals surface area contributed by atoms with Gasteiger partial charge in [-0.2, -0.15) is 4.72 Å². The first-order valence-corrected chi connectivity index (χ1v) is 12.4. The molecule has 5 N–H and O–H groups in total. The number of nitrogens with one attached hydrogen (secondary N) is 4. The minimum absolute atomic E-state index is 0.160.